The van der Waals surface area contributed by atoms with Gasteiger partial charge in [-0.25, -0.2) is 0 Å². The number of halogens is 1. The van der Waals surface area contributed by atoms with Crippen molar-refractivity contribution in [2.24, 2.45) is 5.92 Å². The van der Waals surface area contributed by atoms with Crippen LogP contribution in [0, 0.1) is 5.92 Å². The second-order valence-electron chi connectivity index (χ2n) is 5.66. The minimum atomic E-state index is -0.672. The Hall–Kier alpha value is -1.59. The quantitative estimate of drug-likeness (QED) is 0.891. The van der Waals surface area contributed by atoms with Crippen LogP contribution in [0.3, 0.4) is 0 Å². The fraction of sp³-hybridized carbons (Fsp3) is 0.353. The number of aliphatic carboxylic acids is 1. The molecule has 0 aliphatic carbocycles. The van der Waals surface area contributed by atoms with Gasteiger partial charge >= 0.3 is 5.97 Å². The number of piperidine rings is 1. The maximum absolute atomic E-state index is 11.0. The van der Waals surface area contributed by atoms with Crippen molar-refractivity contribution < 1.29 is 14.3 Å². The smallest absolute Gasteiger partial charge is 0.306 e. The Labute approximate surface area is 137 Å². The predicted molar refractivity (Wildman–Crippen MR) is 87.5 cm³/mol. The molecule has 1 saturated heterocycles. The second-order valence-corrected chi connectivity index (χ2v) is 6.58. The van der Waals surface area contributed by atoms with E-state index in [9.17, 15) is 4.79 Å². The molecule has 0 unspecified atom stereocenters. The van der Waals surface area contributed by atoms with Crippen LogP contribution in [0.5, 0.6) is 0 Å². The number of rotatable bonds is 4. The lowest BCUT2D eigenvalue weighted by molar-refractivity contribution is -0.143. The first-order valence-corrected chi connectivity index (χ1v) is 8.21. The van der Waals surface area contributed by atoms with Crippen molar-refractivity contribution in [3.8, 4) is 11.3 Å². The van der Waals surface area contributed by atoms with Crippen molar-refractivity contribution in [2.75, 3.05) is 13.1 Å². The molecule has 0 saturated carbocycles. The summed E-state index contributed by atoms with van der Waals surface area (Å²) in [6, 6.07) is 12.0. The lowest BCUT2D eigenvalue weighted by Crippen LogP contribution is -2.35. The molecule has 5 heteroatoms. The zero-order valence-corrected chi connectivity index (χ0v) is 13.8. The zero-order chi connectivity index (χ0) is 15.5. The summed E-state index contributed by atoms with van der Waals surface area (Å²) in [4.78, 5) is 13.2. The van der Waals surface area contributed by atoms with Gasteiger partial charge in [0, 0.05) is 10.0 Å². The van der Waals surface area contributed by atoms with E-state index < -0.39 is 5.97 Å². The van der Waals surface area contributed by atoms with Crippen LogP contribution in [0.4, 0.5) is 0 Å². The third-order valence-electron chi connectivity index (χ3n) is 4.09. The molecular weight excluding hydrogens is 346 g/mol. The fourth-order valence-electron chi connectivity index (χ4n) is 2.82. The molecule has 0 bridgehead atoms. The third-order valence-corrected chi connectivity index (χ3v) is 4.58. The second kappa shape index (κ2) is 6.67. The number of benzene rings is 1. The first kappa shape index (κ1) is 15.3. The van der Waals surface area contributed by atoms with Crippen LogP contribution in [0.15, 0.2) is 45.3 Å². The van der Waals surface area contributed by atoms with Gasteiger partial charge in [0.2, 0.25) is 0 Å². The van der Waals surface area contributed by atoms with Gasteiger partial charge in [-0.05, 0) is 50.2 Å². The highest BCUT2D eigenvalue weighted by Gasteiger charge is 2.24. The monoisotopic (exact) mass is 363 g/mol. The number of hydrogen-bond acceptors (Lipinski definition) is 3. The van der Waals surface area contributed by atoms with Crippen LogP contribution < -0.4 is 0 Å². The Morgan fingerprint density at radius 1 is 1.27 bits per heavy atom. The topological polar surface area (TPSA) is 53.7 Å². The van der Waals surface area contributed by atoms with E-state index >= 15 is 0 Å². The Bertz CT molecular complexity index is 659. The van der Waals surface area contributed by atoms with Crippen LogP contribution in [0.25, 0.3) is 11.3 Å². The van der Waals surface area contributed by atoms with E-state index in [1.807, 2.05) is 36.4 Å². The van der Waals surface area contributed by atoms with E-state index in [2.05, 4.69) is 20.8 Å². The molecule has 1 N–H and O–H groups in total. The van der Waals surface area contributed by atoms with Crippen LogP contribution in [0.2, 0.25) is 0 Å². The standard InChI is InChI=1S/C17H18BrNO3/c18-14-3-1-2-13(10-14)16-5-4-15(22-16)11-19-8-6-12(7-9-19)17(20)21/h1-5,10,12H,6-9,11H2,(H,20,21). The van der Waals surface area contributed by atoms with Crippen LogP contribution in [0.1, 0.15) is 18.6 Å². The van der Waals surface area contributed by atoms with Crippen molar-refractivity contribution >= 4 is 21.9 Å². The van der Waals surface area contributed by atoms with Crippen molar-refractivity contribution in [1.82, 2.24) is 4.90 Å². The number of hydrogen-bond donors (Lipinski definition) is 1. The molecule has 4 nitrogen and oxygen atoms in total. The van der Waals surface area contributed by atoms with E-state index in [0.717, 1.165) is 41.2 Å². The number of carbonyl (C=O) groups is 1. The van der Waals surface area contributed by atoms with Crippen molar-refractivity contribution in [1.29, 1.82) is 0 Å². The normalized spacial score (nSPS) is 16.8. The van der Waals surface area contributed by atoms with Gasteiger partial charge in [0.05, 0.1) is 12.5 Å². The summed E-state index contributed by atoms with van der Waals surface area (Å²) >= 11 is 3.47. The lowest BCUT2D eigenvalue weighted by Gasteiger charge is -2.29. The Morgan fingerprint density at radius 2 is 2.05 bits per heavy atom. The minimum Gasteiger partial charge on any atom is -0.481 e. The van der Waals surface area contributed by atoms with Gasteiger partial charge in [-0.3, -0.25) is 9.69 Å². The average Bonchev–Trinajstić information content (AvgIpc) is 2.96. The molecule has 22 heavy (non-hydrogen) atoms. The summed E-state index contributed by atoms with van der Waals surface area (Å²) in [6.07, 6.45) is 1.43. The number of carboxylic acids is 1. The van der Waals surface area contributed by atoms with Gasteiger partial charge in [0.1, 0.15) is 11.5 Å². The molecule has 1 fully saturated rings. The number of carboxylic acid groups (broad SMARTS) is 1. The Morgan fingerprint density at radius 3 is 2.73 bits per heavy atom. The summed E-state index contributed by atoms with van der Waals surface area (Å²) < 4.78 is 6.95. The van der Waals surface area contributed by atoms with Gasteiger partial charge in [0.15, 0.2) is 0 Å². The first-order chi connectivity index (χ1) is 10.6. The molecule has 0 radical (unpaired) electrons. The number of likely N-dealkylation sites (tertiary alicyclic amines) is 1. The maximum atomic E-state index is 11.0. The SMILES string of the molecule is O=C(O)C1CCN(Cc2ccc(-c3cccc(Br)c3)o2)CC1. The van der Waals surface area contributed by atoms with E-state index in [1.165, 1.54) is 0 Å². The molecule has 2 heterocycles. The molecule has 116 valence electrons. The fourth-order valence-corrected chi connectivity index (χ4v) is 3.22. The highest BCUT2D eigenvalue weighted by atomic mass is 79.9. The zero-order valence-electron chi connectivity index (χ0n) is 12.2. The first-order valence-electron chi connectivity index (χ1n) is 7.41. The van der Waals surface area contributed by atoms with Crippen molar-refractivity contribution in [3.63, 3.8) is 0 Å². The van der Waals surface area contributed by atoms with Crippen LogP contribution in [-0.4, -0.2) is 29.1 Å². The van der Waals surface area contributed by atoms with Crippen molar-refractivity contribution in [3.05, 3.63) is 46.6 Å². The van der Waals surface area contributed by atoms with E-state index in [1.54, 1.807) is 0 Å². The molecule has 0 atom stereocenters. The molecule has 1 aromatic carbocycles. The summed E-state index contributed by atoms with van der Waals surface area (Å²) in [5.74, 6) is 0.917. The highest BCUT2D eigenvalue weighted by molar-refractivity contribution is 9.10. The summed E-state index contributed by atoms with van der Waals surface area (Å²) in [5.41, 5.74) is 1.05. The van der Waals surface area contributed by atoms with Gasteiger partial charge in [-0.1, -0.05) is 28.1 Å². The molecular formula is C17H18BrNO3. The number of nitrogens with zero attached hydrogens (tertiary/aromatic N) is 1. The van der Waals surface area contributed by atoms with Crippen LogP contribution >= 0.6 is 15.9 Å². The van der Waals surface area contributed by atoms with Gasteiger partial charge < -0.3 is 9.52 Å². The van der Waals surface area contributed by atoms with E-state index in [-0.39, 0.29) is 5.92 Å². The van der Waals surface area contributed by atoms with Gasteiger partial charge in [-0.15, -0.1) is 0 Å². The molecule has 1 aliphatic rings. The molecule has 1 aliphatic heterocycles. The summed E-state index contributed by atoms with van der Waals surface area (Å²) in [6.45, 7) is 2.36. The molecule has 1 aromatic heterocycles. The average molecular weight is 364 g/mol. The maximum Gasteiger partial charge on any atom is 0.306 e. The Kier molecular flexibility index (Phi) is 4.64. The minimum absolute atomic E-state index is 0.190. The number of furan rings is 1. The lowest BCUT2D eigenvalue weighted by atomic mass is 9.97. The Balaban J connectivity index is 1.62. The molecule has 3 rings (SSSR count). The van der Waals surface area contributed by atoms with E-state index in [0.29, 0.717) is 12.8 Å². The van der Waals surface area contributed by atoms with Gasteiger partial charge in [-0.2, -0.15) is 0 Å². The summed E-state index contributed by atoms with van der Waals surface area (Å²) in [7, 11) is 0. The van der Waals surface area contributed by atoms with Gasteiger partial charge in [0.25, 0.3) is 0 Å². The van der Waals surface area contributed by atoms with E-state index in [4.69, 9.17) is 9.52 Å². The predicted octanol–water partition coefficient (Wildman–Crippen LogP) is 4.01. The molecule has 0 amide bonds. The molecule has 0 spiro atoms. The summed E-state index contributed by atoms with van der Waals surface area (Å²) in [5, 5.41) is 9.03. The molecule has 2 aromatic rings. The highest BCUT2D eigenvalue weighted by Crippen LogP contribution is 2.26. The van der Waals surface area contributed by atoms with Crippen molar-refractivity contribution in [2.45, 2.75) is 19.4 Å². The largest absolute Gasteiger partial charge is 0.481 e. The van der Waals surface area contributed by atoms with Crippen LogP contribution in [-0.2, 0) is 11.3 Å². The third kappa shape index (κ3) is 3.59.